The second kappa shape index (κ2) is 4.39. The lowest BCUT2D eigenvalue weighted by atomic mass is 10.1. The Morgan fingerprint density at radius 3 is 2.84 bits per heavy atom. The molecule has 0 spiro atoms. The molecule has 0 amide bonds. The predicted molar refractivity (Wildman–Crippen MR) is 73.2 cm³/mol. The van der Waals surface area contributed by atoms with Crippen molar-refractivity contribution in [3.05, 3.63) is 47.8 Å². The summed E-state index contributed by atoms with van der Waals surface area (Å²) in [5, 5.41) is 0. The Morgan fingerprint density at radius 2 is 2.11 bits per heavy atom. The maximum Gasteiger partial charge on any atom is 0.227 e. The average molecular weight is 256 g/mol. The molecule has 96 valence electrons. The summed E-state index contributed by atoms with van der Waals surface area (Å²) in [5.41, 5.74) is 9.47. The summed E-state index contributed by atoms with van der Waals surface area (Å²) in [6, 6.07) is 9.98. The lowest BCUT2D eigenvalue weighted by Gasteiger charge is -1.98. The van der Waals surface area contributed by atoms with Crippen LogP contribution in [-0.2, 0) is 6.42 Å². The van der Waals surface area contributed by atoms with Crippen LogP contribution >= 0.6 is 0 Å². The Hall–Kier alpha value is -2.36. The van der Waals surface area contributed by atoms with Crippen molar-refractivity contribution in [2.24, 2.45) is 0 Å². The van der Waals surface area contributed by atoms with E-state index in [0.717, 1.165) is 12.0 Å². The number of fused-ring (bicyclic) bond motifs is 1. The highest BCUT2D eigenvalue weighted by Gasteiger charge is 2.12. The molecule has 3 aromatic rings. The minimum Gasteiger partial charge on any atom is -0.434 e. The van der Waals surface area contributed by atoms with Crippen LogP contribution in [0.4, 0.5) is 10.1 Å². The minimum atomic E-state index is -0.318. The summed E-state index contributed by atoms with van der Waals surface area (Å²) >= 11 is 0. The number of aromatic nitrogens is 1. The number of nitrogens with two attached hydrogens (primary N) is 1. The molecule has 2 N–H and O–H groups in total. The Labute approximate surface area is 109 Å². The topological polar surface area (TPSA) is 52.0 Å². The predicted octanol–water partition coefficient (Wildman–Crippen LogP) is 3.78. The number of anilines is 1. The molecule has 3 nitrogen and oxygen atoms in total. The van der Waals surface area contributed by atoms with Gasteiger partial charge in [0.1, 0.15) is 11.3 Å². The third kappa shape index (κ3) is 2.05. The summed E-state index contributed by atoms with van der Waals surface area (Å²) in [6.45, 7) is 2.05. The largest absolute Gasteiger partial charge is 0.434 e. The molecule has 0 unspecified atom stereocenters. The Morgan fingerprint density at radius 1 is 1.26 bits per heavy atom. The van der Waals surface area contributed by atoms with Gasteiger partial charge in [0, 0.05) is 5.56 Å². The van der Waals surface area contributed by atoms with Gasteiger partial charge in [0.15, 0.2) is 5.58 Å². The lowest BCUT2D eigenvalue weighted by molar-refractivity contribution is 0.612. The van der Waals surface area contributed by atoms with Crippen molar-refractivity contribution in [2.45, 2.75) is 13.3 Å². The third-order valence-corrected chi connectivity index (χ3v) is 3.06. The minimum absolute atomic E-state index is 0.318. The molecule has 1 heterocycles. The highest BCUT2D eigenvalue weighted by molar-refractivity contribution is 5.87. The molecule has 0 aliphatic heterocycles. The summed E-state index contributed by atoms with van der Waals surface area (Å²) in [6.07, 6.45) is 0.877. The van der Waals surface area contributed by atoms with Gasteiger partial charge in [-0.05, 0) is 42.3 Å². The summed E-state index contributed by atoms with van der Waals surface area (Å²) in [4.78, 5) is 4.38. The van der Waals surface area contributed by atoms with E-state index in [0.29, 0.717) is 28.2 Å². The smallest absolute Gasteiger partial charge is 0.227 e. The van der Waals surface area contributed by atoms with E-state index in [2.05, 4.69) is 4.98 Å². The first kappa shape index (κ1) is 11.7. The Bertz CT molecular complexity index is 749. The van der Waals surface area contributed by atoms with Crippen LogP contribution in [0.2, 0.25) is 0 Å². The summed E-state index contributed by atoms with van der Waals surface area (Å²) in [7, 11) is 0. The van der Waals surface area contributed by atoms with Gasteiger partial charge in [-0.15, -0.1) is 0 Å². The van der Waals surface area contributed by atoms with E-state index in [9.17, 15) is 4.39 Å². The molecule has 0 radical (unpaired) electrons. The summed E-state index contributed by atoms with van der Waals surface area (Å²) < 4.78 is 18.8. The van der Waals surface area contributed by atoms with Crippen molar-refractivity contribution in [1.29, 1.82) is 0 Å². The van der Waals surface area contributed by atoms with Crippen molar-refractivity contribution < 1.29 is 8.81 Å². The molecule has 0 saturated carbocycles. The van der Waals surface area contributed by atoms with E-state index >= 15 is 0 Å². The second-order valence-electron chi connectivity index (χ2n) is 4.42. The number of rotatable bonds is 2. The van der Waals surface area contributed by atoms with Crippen LogP contribution in [0.5, 0.6) is 0 Å². The number of oxazole rings is 1. The van der Waals surface area contributed by atoms with E-state index < -0.39 is 0 Å². The van der Waals surface area contributed by atoms with Crippen molar-refractivity contribution in [2.75, 3.05) is 5.73 Å². The van der Waals surface area contributed by atoms with Gasteiger partial charge in [-0.1, -0.05) is 13.0 Å². The van der Waals surface area contributed by atoms with Crippen LogP contribution in [0.15, 0.2) is 40.8 Å². The third-order valence-electron chi connectivity index (χ3n) is 3.06. The van der Waals surface area contributed by atoms with Crippen LogP contribution in [0.25, 0.3) is 22.6 Å². The SMILES string of the molecule is CCc1cc(N)c2oc(-c3cccc(F)c3)nc2c1. The highest BCUT2D eigenvalue weighted by atomic mass is 19.1. The molecule has 19 heavy (non-hydrogen) atoms. The molecule has 4 heteroatoms. The van der Waals surface area contributed by atoms with E-state index in [1.807, 2.05) is 19.1 Å². The maximum atomic E-state index is 13.2. The molecular weight excluding hydrogens is 243 g/mol. The molecule has 0 aliphatic carbocycles. The first-order valence-corrected chi connectivity index (χ1v) is 6.12. The molecule has 0 aliphatic rings. The van der Waals surface area contributed by atoms with Crippen LogP contribution in [0, 0.1) is 5.82 Å². The number of halogens is 1. The fourth-order valence-corrected chi connectivity index (χ4v) is 2.07. The molecule has 0 fully saturated rings. The zero-order valence-corrected chi connectivity index (χ0v) is 10.5. The number of hydrogen-bond acceptors (Lipinski definition) is 3. The van der Waals surface area contributed by atoms with Crippen LogP contribution in [0.3, 0.4) is 0 Å². The van der Waals surface area contributed by atoms with Gasteiger partial charge >= 0.3 is 0 Å². The zero-order chi connectivity index (χ0) is 13.4. The van der Waals surface area contributed by atoms with E-state index in [1.165, 1.54) is 12.1 Å². The van der Waals surface area contributed by atoms with Gasteiger partial charge in [-0.25, -0.2) is 9.37 Å². The standard InChI is InChI=1S/C15H13FN2O/c1-2-9-6-12(17)14-13(7-9)18-15(19-14)10-4-3-5-11(16)8-10/h3-8H,2,17H2,1H3. The quantitative estimate of drug-likeness (QED) is 0.710. The molecule has 0 saturated heterocycles. The van der Waals surface area contributed by atoms with Crippen LogP contribution in [-0.4, -0.2) is 4.98 Å². The zero-order valence-electron chi connectivity index (χ0n) is 10.5. The first-order valence-electron chi connectivity index (χ1n) is 6.12. The molecule has 2 aromatic carbocycles. The molecule has 3 rings (SSSR count). The molecule has 1 aromatic heterocycles. The number of benzene rings is 2. The van der Waals surface area contributed by atoms with Crippen LogP contribution < -0.4 is 5.73 Å². The van der Waals surface area contributed by atoms with Gasteiger partial charge in [0.25, 0.3) is 0 Å². The average Bonchev–Trinajstić information content (AvgIpc) is 2.83. The fraction of sp³-hybridized carbons (Fsp3) is 0.133. The lowest BCUT2D eigenvalue weighted by Crippen LogP contribution is -1.88. The van der Waals surface area contributed by atoms with Gasteiger partial charge in [-0.2, -0.15) is 0 Å². The van der Waals surface area contributed by atoms with Crippen molar-refractivity contribution >= 4 is 16.8 Å². The van der Waals surface area contributed by atoms with Gasteiger partial charge in [0.05, 0.1) is 5.69 Å². The monoisotopic (exact) mass is 256 g/mol. The van der Waals surface area contributed by atoms with Gasteiger partial charge in [0.2, 0.25) is 5.89 Å². The van der Waals surface area contributed by atoms with Gasteiger partial charge in [-0.3, -0.25) is 0 Å². The van der Waals surface area contributed by atoms with Crippen LogP contribution in [0.1, 0.15) is 12.5 Å². The second-order valence-corrected chi connectivity index (χ2v) is 4.42. The van der Waals surface area contributed by atoms with E-state index in [-0.39, 0.29) is 5.82 Å². The molecular formula is C15H13FN2O. The van der Waals surface area contributed by atoms with Crippen molar-refractivity contribution in [1.82, 2.24) is 4.98 Å². The Kier molecular flexibility index (Phi) is 2.71. The number of aryl methyl sites for hydroxylation is 1. The molecule has 0 atom stereocenters. The maximum absolute atomic E-state index is 13.2. The normalized spacial score (nSPS) is 11.1. The summed E-state index contributed by atoms with van der Waals surface area (Å²) in [5.74, 6) is 0.0661. The van der Waals surface area contributed by atoms with Crippen molar-refractivity contribution in [3.8, 4) is 11.5 Å². The highest BCUT2D eigenvalue weighted by Crippen LogP contribution is 2.29. The fourth-order valence-electron chi connectivity index (χ4n) is 2.07. The van der Waals surface area contributed by atoms with E-state index in [1.54, 1.807) is 12.1 Å². The number of hydrogen-bond donors (Lipinski definition) is 1. The number of nitrogen functional groups attached to an aromatic ring is 1. The number of nitrogens with zero attached hydrogens (tertiary/aromatic N) is 1. The first-order chi connectivity index (χ1) is 9.17. The van der Waals surface area contributed by atoms with Gasteiger partial charge < -0.3 is 10.2 Å². The molecule has 0 bridgehead atoms. The van der Waals surface area contributed by atoms with Crippen molar-refractivity contribution in [3.63, 3.8) is 0 Å². The Balaban J connectivity index is 2.19. The van der Waals surface area contributed by atoms with E-state index in [4.69, 9.17) is 10.2 Å².